The molecule has 0 unspecified atom stereocenters. The zero-order chi connectivity index (χ0) is 22.4. The number of aryl methyl sites for hydroxylation is 2. The summed E-state index contributed by atoms with van der Waals surface area (Å²) in [6, 6.07) is 17.9. The van der Waals surface area contributed by atoms with Crippen LogP contribution < -0.4 is 15.4 Å². The number of hydrogen-bond acceptors (Lipinski definition) is 4. The summed E-state index contributed by atoms with van der Waals surface area (Å²) in [5, 5.41) is 14.3. The fraction of sp³-hybridized carbons (Fsp3) is 0.125. The summed E-state index contributed by atoms with van der Waals surface area (Å²) < 4.78 is 5.53. The van der Waals surface area contributed by atoms with Crippen LogP contribution in [-0.2, 0) is 4.79 Å². The fourth-order valence-corrected chi connectivity index (χ4v) is 2.79. The third kappa shape index (κ3) is 5.93. The van der Waals surface area contributed by atoms with Gasteiger partial charge < -0.3 is 20.5 Å². The van der Waals surface area contributed by atoms with E-state index < -0.39 is 5.97 Å². The molecule has 3 aromatic carbocycles. The van der Waals surface area contributed by atoms with E-state index in [2.05, 4.69) is 10.6 Å². The highest BCUT2D eigenvalue weighted by molar-refractivity contribution is 6.05. The number of carbonyl (C=O) groups excluding carboxylic acids is 2. The molecule has 0 saturated carbocycles. The Morgan fingerprint density at radius 3 is 2.23 bits per heavy atom. The Morgan fingerprint density at radius 2 is 1.55 bits per heavy atom. The quantitative estimate of drug-likeness (QED) is 0.531. The molecule has 0 aliphatic rings. The minimum Gasteiger partial charge on any atom is -0.484 e. The van der Waals surface area contributed by atoms with E-state index in [-0.39, 0.29) is 24.0 Å². The van der Waals surface area contributed by atoms with Gasteiger partial charge in [-0.3, -0.25) is 9.59 Å². The lowest BCUT2D eigenvalue weighted by molar-refractivity contribution is -0.118. The number of carboxylic acid groups (broad SMARTS) is 1. The van der Waals surface area contributed by atoms with E-state index in [0.717, 1.165) is 11.1 Å². The number of benzene rings is 3. The van der Waals surface area contributed by atoms with Crippen molar-refractivity contribution >= 4 is 29.2 Å². The highest BCUT2D eigenvalue weighted by Crippen LogP contribution is 2.17. The molecular weight excluding hydrogens is 396 g/mol. The van der Waals surface area contributed by atoms with Gasteiger partial charge in [0.05, 0.1) is 5.56 Å². The SMILES string of the molecule is Cc1ccc(OCC(=O)Nc2cccc(C(=O)Nc3ccc(C(=O)O)cc3)c2)cc1C. The van der Waals surface area contributed by atoms with Crippen molar-refractivity contribution in [2.24, 2.45) is 0 Å². The molecule has 3 aromatic rings. The monoisotopic (exact) mass is 418 g/mol. The lowest BCUT2D eigenvalue weighted by Crippen LogP contribution is -2.20. The van der Waals surface area contributed by atoms with Gasteiger partial charge in [-0.05, 0) is 79.6 Å². The summed E-state index contributed by atoms with van der Waals surface area (Å²) in [7, 11) is 0. The van der Waals surface area contributed by atoms with Gasteiger partial charge in [0.15, 0.2) is 6.61 Å². The molecule has 3 N–H and O–H groups in total. The maximum absolute atomic E-state index is 12.5. The normalized spacial score (nSPS) is 10.3. The Morgan fingerprint density at radius 1 is 0.806 bits per heavy atom. The second-order valence-electron chi connectivity index (χ2n) is 7.00. The highest BCUT2D eigenvalue weighted by atomic mass is 16.5. The van der Waals surface area contributed by atoms with Crippen molar-refractivity contribution in [3.05, 3.63) is 89.0 Å². The van der Waals surface area contributed by atoms with Gasteiger partial charge in [0, 0.05) is 16.9 Å². The summed E-state index contributed by atoms with van der Waals surface area (Å²) in [5.41, 5.74) is 3.62. The first-order valence-corrected chi connectivity index (χ1v) is 9.56. The standard InChI is InChI=1S/C24H22N2O5/c1-15-6-11-21(12-16(15)2)31-14-22(27)25-20-5-3-4-18(13-20)23(28)26-19-9-7-17(8-10-19)24(29)30/h3-13H,14H2,1-2H3,(H,25,27)(H,26,28)(H,29,30). The zero-order valence-electron chi connectivity index (χ0n) is 17.1. The minimum absolute atomic E-state index is 0.130. The Labute approximate surface area is 179 Å². The summed E-state index contributed by atoms with van der Waals surface area (Å²) in [5.74, 6) is -1.16. The molecule has 31 heavy (non-hydrogen) atoms. The van der Waals surface area contributed by atoms with Gasteiger partial charge in [-0.15, -0.1) is 0 Å². The van der Waals surface area contributed by atoms with Crippen LogP contribution in [0.1, 0.15) is 31.8 Å². The van der Waals surface area contributed by atoms with Gasteiger partial charge in [0.1, 0.15) is 5.75 Å². The number of amides is 2. The molecule has 0 spiro atoms. The molecule has 0 aliphatic heterocycles. The van der Waals surface area contributed by atoms with Gasteiger partial charge in [-0.1, -0.05) is 12.1 Å². The van der Waals surface area contributed by atoms with E-state index in [1.165, 1.54) is 24.3 Å². The molecule has 7 nitrogen and oxygen atoms in total. The second-order valence-corrected chi connectivity index (χ2v) is 7.00. The molecule has 2 amide bonds. The third-order valence-electron chi connectivity index (χ3n) is 4.65. The summed E-state index contributed by atoms with van der Waals surface area (Å²) in [4.78, 5) is 35.6. The van der Waals surface area contributed by atoms with E-state index in [9.17, 15) is 14.4 Å². The average Bonchev–Trinajstić information content (AvgIpc) is 2.75. The predicted molar refractivity (Wildman–Crippen MR) is 118 cm³/mol. The van der Waals surface area contributed by atoms with E-state index >= 15 is 0 Å². The smallest absolute Gasteiger partial charge is 0.335 e. The average molecular weight is 418 g/mol. The van der Waals surface area contributed by atoms with Crippen LogP contribution in [0.3, 0.4) is 0 Å². The van der Waals surface area contributed by atoms with Crippen molar-refractivity contribution in [3.63, 3.8) is 0 Å². The first-order valence-electron chi connectivity index (χ1n) is 9.56. The van der Waals surface area contributed by atoms with E-state index in [0.29, 0.717) is 22.7 Å². The molecule has 0 radical (unpaired) electrons. The molecule has 0 saturated heterocycles. The van der Waals surface area contributed by atoms with Crippen LogP contribution in [0.4, 0.5) is 11.4 Å². The van der Waals surface area contributed by atoms with Gasteiger partial charge in [0.2, 0.25) is 0 Å². The number of aromatic carboxylic acids is 1. The van der Waals surface area contributed by atoms with Gasteiger partial charge >= 0.3 is 5.97 Å². The summed E-state index contributed by atoms with van der Waals surface area (Å²) >= 11 is 0. The Kier molecular flexibility index (Phi) is 6.67. The van der Waals surface area contributed by atoms with Crippen molar-refractivity contribution < 1.29 is 24.2 Å². The predicted octanol–water partition coefficient (Wildman–Crippen LogP) is 4.27. The molecular formula is C24H22N2O5. The number of rotatable bonds is 7. The fourth-order valence-electron chi connectivity index (χ4n) is 2.79. The van der Waals surface area contributed by atoms with E-state index in [1.54, 1.807) is 24.3 Å². The number of hydrogen-bond donors (Lipinski definition) is 3. The molecule has 0 aromatic heterocycles. The first kappa shape index (κ1) is 21.6. The number of ether oxygens (including phenoxy) is 1. The molecule has 7 heteroatoms. The largest absolute Gasteiger partial charge is 0.484 e. The molecule has 158 valence electrons. The van der Waals surface area contributed by atoms with Gasteiger partial charge in [-0.25, -0.2) is 4.79 Å². The van der Waals surface area contributed by atoms with Gasteiger partial charge in [0.25, 0.3) is 11.8 Å². The Bertz CT molecular complexity index is 1120. The van der Waals surface area contributed by atoms with Crippen molar-refractivity contribution in [1.29, 1.82) is 0 Å². The maximum atomic E-state index is 12.5. The molecule has 0 atom stereocenters. The molecule has 0 heterocycles. The third-order valence-corrected chi connectivity index (χ3v) is 4.65. The summed E-state index contributed by atoms with van der Waals surface area (Å²) in [6.07, 6.45) is 0. The van der Waals surface area contributed by atoms with Crippen LogP contribution in [-0.4, -0.2) is 29.5 Å². The lowest BCUT2D eigenvalue weighted by atomic mass is 10.1. The summed E-state index contributed by atoms with van der Waals surface area (Å²) in [6.45, 7) is 3.81. The van der Waals surface area contributed by atoms with E-state index in [4.69, 9.17) is 9.84 Å². The van der Waals surface area contributed by atoms with Crippen LogP contribution >= 0.6 is 0 Å². The number of carbonyl (C=O) groups is 3. The van der Waals surface area contributed by atoms with Gasteiger partial charge in [-0.2, -0.15) is 0 Å². The number of nitrogens with one attached hydrogen (secondary N) is 2. The topological polar surface area (TPSA) is 105 Å². The molecule has 0 aliphatic carbocycles. The van der Waals surface area contributed by atoms with Crippen molar-refractivity contribution in [1.82, 2.24) is 0 Å². The Balaban J connectivity index is 1.58. The minimum atomic E-state index is -1.04. The Hall–Kier alpha value is -4.13. The van der Waals surface area contributed by atoms with Crippen molar-refractivity contribution in [2.75, 3.05) is 17.2 Å². The maximum Gasteiger partial charge on any atom is 0.335 e. The zero-order valence-corrected chi connectivity index (χ0v) is 17.1. The van der Waals surface area contributed by atoms with E-state index in [1.807, 2.05) is 32.0 Å². The van der Waals surface area contributed by atoms with Crippen LogP contribution in [0.15, 0.2) is 66.7 Å². The molecule has 3 rings (SSSR count). The van der Waals surface area contributed by atoms with Crippen LogP contribution in [0, 0.1) is 13.8 Å². The number of carboxylic acids is 1. The number of anilines is 2. The van der Waals surface area contributed by atoms with Crippen molar-refractivity contribution in [2.45, 2.75) is 13.8 Å². The van der Waals surface area contributed by atoms with Crippen LogP contribution in [0.2, 0.25) is 0 Å². The molecule has 0 bridgehead atoms. The highest BCUT2D eigenvalue weighted by Gasteiger charge is 2.10. The second kappa shape index (κ2) is 9.58. The van der Waals surface area contributed by atoms with Crippen LogP contribution in [0.5, 0.6) is 5.75 Å². The van der Waals surface area contributed by atoms with Crippen LogP contribution in [0.25, 0.3) is 0 Å². The van der Waals surface area contributed by atoms with Crippen molar-refractivity contribution in [3.8, 4) is 5.75 Å². The molecule has 0 fully saturated rings. The lowest BCUT2D eigenvalue weighted by Gasteiger charge is -2.10. The first-order chi connectivity index (χ1) is 14.8.